The number of thioether (sulfide) groups is 1. The van der Waals surface area contributed by atoms with Crippen molar-refractivity contribution in [1.82, 2.24) is 14.5 Å². The van der Waals surface area contributed by atoms with Crippen molar-refractivity contribution >= 4 is 28.6 Å². The topological polar surface area (TPSA) is 47.8 Å². The molecular formula is C26H18FN3OS. The molecule has 4 nitrogen and oxygen atoms in total. The summed E-state index contributed by atoms with van der Waals surface area (Å²) in [7, 11) is 0. The monoisotopic (exact) mass is 439 g/mol. The van der Waals surface area contributed by atoms with E-state index in [4.69, 9.17) is 0 Å². The molecular weight excluding hydrogens is 421 g/mol. The fourth-order valence-corrected chi connectivity index (χ4v) is 4.52. The van der Waals surface area contributed by atoms with E-state index in [-0.39, 0.29) is 17.4 Å². The van der Waals surface area contributed by atoms with Crippen LogP contribution in [0.1, 0.15) is 10.4 Å². The summed E-state index contributed by atoms with van der Waals surface area (Å²) in [5, 5.41) is 1.60. The molecule has 0 bridgehead atoms. The highest BCUT2D eigenvalue weighted by Gasteiger charge is 2.18. The van der Waals surface area contributed by atoms with Gasteiger partial charge >= 0.3 is 0 Å². The van der Waals surface area contributed by atoms with Crippen LogP contribution in [-0.4, -0.2) is 26.1 Å². The second-order valence-electron chi connectivity index (χ2n) is 7.21. The van der Waals surface area contributed by atoms with Gasteiger partial charge in [-0.2, -0.15) is 0 Å². The number of benzene rings is 3. The minimum absolute atomic E-state index is 0.0431. The Morgan fingerprint density at radius 2 is 1.56 bits per heavy atom. The van der Waals surface area contributed by atoms with Crippen molar-refractivity contribution in [3.8, 4) is 16.8 Å². The van der Waals surface area contributed by atoms with Gasteiger partial charge in [-0.25, -0.2) is 14.4 Å². The van der Waals surface area contributed by atoms with Gasteiger partial charge in [-0.15, -0.1) is 0 Å². The average molecular weight is 440 g/mol. The molecule has 0 radical (unpaired) electrons. The zero-order valence-corrected chi connectivity index (χ0v) is 17.8. The third-order valence-corrected chi connectivity index (χ3v) is 6.16. The number of fused-ring (bicyclic) bond motifs is 1. The van der Waals surface area contributed by atoms with E-state index in [1.807, 2.05) is 71.4 Å². The van der Waals surface area contributed by atoms with Gasteiger partial charge in [-0.1, -0.05) is 72.4 Å². The first-order valence-corrected chi connectivity index (χ1v) is 11.1. The molecule has 5 rings (SSSR count). The third kappa shape index (κ3) is 3.92. The molecule has 0 aliphatic carbocycles. The summed E-state index contributed by atoms with van der Waals surface area (Å²) in [5.41, 5.74) is 4.16. The second-order valence-corrected chi connectivity index (χ2v) is 8.17. The van der Waals surface area contributed by atoms with Crippen LogP contribution in [0.3, 0.4) is 0 Å². The Morgan fingerprint density at radius 3 is 2.28 bits per heavy atom. The van der Waals surface area contributed by atoms with Crippen LogP contribution in [0, 0.1) is 5.82 Å². The molecule has 32 heavy (non-hydrogen) atoms. The Morgan fingerprint density at radius 1 is 0.875 bits per heavy atom. The smallest absolute Gasteiger partial charge is 0.173 e. The quantitative estimate of drug-likeness (QED) is 0.179. The van der Waals surface area contributed by atoms with Crippen molar-refractivity contribution in [3.05, 3.63) is 109 Å². The van der Waals surface area contributed by atoms with Crippen LogP contribution in [0.4, 0.5) is 4.39 Å². The maximum absolute atomic E-state index is 13.5. The van der Waals surface area contributed by atoms with E-state index >= 15 is 0 Å². The number of Topliss-reactive ketones (excluding diaryl/α,β-unsaturated/α-hetero) is 1. The van der Waals surface area contributed by atoms with Gasteiger partial charge in [0.1, 0.15) is 22.8 Å². The van der Waals surface area contributed by atoms with Gasteiger partial charge in [0.2, 0.25) is 0 Å². The summed E-state index contributed by atoms with van der Waals surface area (Å²) in [5.74, 6) is 0.0203. The van der Waals surface area contributed by atoms with E-state index in [1.165, 1.54) is 30.2 Å². The average Bonchev–Trinajstić information content (AvgIpc) is 3.24. The number of aromatic nitrogens is 3. The molecule has 0 fully saturated rings. The molecule has 0 saturated carbocycles. The van der Waals surface area contributed by atoms with Gasteiger partial charge in [0.25, 0.3) is 0 Å². The van der Waals surface area contributed by atoms with Crippen molar-refractivity contribution in [1.29, 1.82) is 0 Å². The Hall–Kier alpha value is -3.77. The zero-order chi connectivity index (χ0) is 21.9. The van der Waals surface area contributed by atoms with Crippen LogP contribution in [0.5, 0.6) is 0 Å². The van der Waals surface area contributed by atoms with E-state index in [0.717, 1.165) is 27.2 Å². The second kappa shape index (κ2) is 8.77. The minimum Gasteiger partial charge on any atom is -0.301 e. The summed E-state index contributed by atoms with van der Waals surface area (Å²) in [6.07, 6.45) is 3.50. The van der Waals surface area contributed by atoms with E-state index in [1.54, 1.807) is 12.1 Å². The normalized spacial score (nSPS) is 11.0. The van der Waals surface area contributed by atoms with Crippen LogP contribution >= 0.6 is 11.8 Å². The Balaban J connectivity index is 1.61. The van der Waals surface area contributed by atoms with Crippen LogP contribution in [0.2, 0.25) is 0 Å². The molecule has 0 spiro atoms. The Kier molecular flexibility index (Phi) is 5.52. The molecule has 2 heterocycles. The van der Waals surface area contributed by atoms with Crippen molar-refractivity contribution in [3.63, 3.8) is 0 Å². The summed E-state index contributed by atoms with van der Waals surface area (Å²) >= 11 is 1.40. The number of hydrogen-bond acceptors (Lipinski definition) is 4. The van der Waals surface area contributed by atoms with Crippen LogP contribution in [0.15, 0.2) is 102 Å². The molecule has 0 unspecified atom stereocenters. The van der Waals surface area contributed by atoms with Crippen LogP contribution < -0.4 is 0 Å². The number of halogens is 1. The van der Waals surface area contributed by atoms with Gasteiger partial charge in [0.15, 0.2) is 5.78 Å². The van der Waals surface area contributed by atoms with Crippen molar-refractivity contribution in [2.24, 2.45) is 0 Å². The first kappa shape index (κ1) is 20.2. The van der Waals surface area contributed by atoms with E-state index in [9.17, 15) is 9.18 Å². The number of hydrogen-bond donors (Lipinski definition) is 0. The zero-order valence-electron chi connectivity index (χ0n) is 17.0. The predicted octanol–water partition coefficient (Wildman–Crippen LogP) is 6.20. The lowest BCUT2D eigenvalue weighted by molar-refractivity contribution is 0.102. The maximum atomic E-state index is 13.5. The predicted molar refractivity (Wildman–Crippen MR) is 126 cm³/mol. The molecule has 0 aliphatic rings. The summed E-state index contributed by atoms with van der Waals surface area (Å²) < 4.78 is 15.4. The van der Waals surface area contributed by atoms with Crippen LogP contribution in [-0.2, 0) is 0 Å². The third-order valence-electron chi connectivity index (χ3n) is 5.17. The standard InChI is InChI=1S/C26H18FN3OS/c27-20-11-13-21(14-12-20)30-15-22(18-7-3-1-4-8-18)24-25(30)28-17-29-26(24)32-16-23(31)19-9-5-2-6-10-19/h1-15,17H,16H2. The number of nitrogens with zero attached hydrogens (tertiary/aromatic N) is 3. The molecule has 5 aromatic rings. The largest absolute Gasteiger partial charge is 0.301 e. The molecule has 0 N–H and O–H groups in total. The maximum Gasteiger partial charge on any atom is 0.173 e. The Bertz CT molecular complexity index is 1380. The lowest BCUT2D eigenvalue weighted by Gasteiger charge is -2.06. The molecule has 0 atom stereocenters. The highest BCUT2D eigenvalue weighted by Crippen LogP contribution is 2.36. The SMILES string of the molecule is O=C(CSc1ncnc2c1c(-c1ccccc1)cn2-c1ccc(F)cc1)c1ccccc1. The molecule has 0 aliphatic heterocycles. The first-order valence-electron chi connectivity index (χ1n) is 10.1. The molecule has 3 aromatic carbocycles. The van der Waals surface area contributed by atoms with Crippen LogP contribution in [0.25, 0.3) is 27.8 Å². The van der Waals surface area contributed by atoms with Gasteiger partial charge in [0.05, 0.1) is 11.1 Å². The summed E-state index contributed by atoms with van der Waals surface area (Å²) in [4.78, 5) is 21.7. The summed E-state index contributed by atoms with van der Waals surface area (Å²) in [6, 6.07) is 25.5. The van der Waals surface area contributed by atoms with Crippen molar-refractivity contribution < 1.29 is 9.18 Å². The lowest BCUT2D eigenvalue weighted by Crippen LogP contribution is -2.02. The van der Waals surface area contributed by atoms with E-state index in [2.05, 4.69) is 9.97 Å². The van der Waals surface area contributed by atoms with Gasteiger partial charge in [-0.3, -0.25) is 4.79 Å². The summed E-state index contributed by atoms with van der Waals surface area (Å²) in [6.45, 7) is 0. The van der Waals surface area contributed by atoms with Crippen molar-refractivity contribution in [2.75, 3.05) is 5.75 Å². The molecule has 0 saturated heterocycles. The van der Waals surface area contributed by atoms with Gasteiger partial charge in [0, 0.05) is 23.0 Å². The molecule has 2 aromatic heterocycles. The fraction of sp³-hybridized carbons (Fsp3) is 0.0385. The highest BCUT2D eigenvalue weighted by molar-refractivity contribution is 8.00. The Labute approximate surface area is 188 Å². The number of carbonyl (C=O) groups is 1. The van der Waals surface area contributed by atoms with E-state index < -0.39 is 0 Å². The number of rotatable bonds is 6. The number of ketones is 1. The van der Waals surface area contributed by atoms with E-state index in [0.29, 0.717) is 11.2 Å². The number of carbonyl (C=O) groups excluding carboxylic acids is 1. The van der Waals surface area contributed by atoms with Gasteiger partial charge < -0.3 is 4.57 Å². The fourth-order valence-electron chi connectivity index (χ4n) is 3.62. The van der Waals surface area contributed by atoms with Crippen molar-refractivity contribution in [2.45, 2.75) is 5.03 Å². The molecule has 0 amide bonds. The highest BCUT2D eigenvalue weighted by atomic mass is 32.2. The lowest BCUT2D eigenvalue weighted by atomic mass is 10.1. The molecule has 156 valence electrons. The molecule has 6 heteroatoms. The van der Waals surface area contributed by atoms with Gasteiger partial charge in [-0.05, 0) is 29.8 Å². The minimum atomic E-state index is -0.293. The first-order chi connectivity index (χ1) is 15.7.